The van der Waals surface area contributed by atoms with Crippen LogP contribution >= 0.6 is 11.6 Å². The van der Waals surface area contributed by atoms with Crippen molar-refractivity contribution in [1.29, 1.82) is 0 Å². The molecule has 0 spiro atoms. The number of ether oxygens (including phenoxy) is 1. The summed E-state index contributed by atoms with van der Waals surface area (Å²) in [5.41, 5.74) is 5.31. The normalized spacial score (nSPS) is 11.0. The molecule has 2 N–H and O–H groups in total. The fourth-order valence-electron chi connectivity index (χ4n) is 3.68. The number of aromatic nitrogens is 1. The number of esters is 1. The van der Waals surface area contributed by atoms with Crippen LogP contribution in [-0.2, 0) is 16.1 Å². The van der Waals surface area contributed by atoms with Gasteiger partial charge in [-0.25, -0.2) is 10.2 Å². The number of halogens is 1. The van der Waals surface area contributed by atoms with Crippen molar-refractivity contribution in [3.8, 4) is 17.0 Å². The molecule has 35 heavy (non-hydrogen) atoms. The van der Waals surface area contributed by atoms with Gasteiger partial charge < -0.3 is 14.4 Å². The minimum Gasteiger partial charge on any atom is -0.507 e. The van der Waals surface area contributed by atoms with E-state index in [1.807, 2.05) is 0 Å². The summed E-state index contributed by atoms with van der Waals surface area (Å²) >= 11 is 6.02. The summed E-state index contributed by atoms with van der Waals surface area (Å²) in [5, 5.41) is 25.1. The molecule has 0 radical (unpaired) electrons. The highest BCUT2D eigenvalue weighted by Crippen LogP contribution is 2.32. The molecule has 0 fully saturated rings. The van der Waals surface area contributed by atoms with Gasteiger partial charge in [0.1, 0.15) is 12.3 Å². The molecule has 0 unspecified atom stereocenters. The Balaban J connectivity index is 1.88. The summed E-state index contributed by atoms with van der Waals surface area (Å²) in [5.74, 6) is -1.33. The number of aromatic hydroxyl groups is 1. The number of phenolic OH excluding ortho intramolecular Hbond substituents is 1. The van der Waals surface area contributed by atoms with E-state index in [2.05, 4.69) is 10.5 Å². The zero-order valence-corrected chi connectivity index (χ0v) is 20.0. The highest BCUT2D eigenvalue weighted by molar-refractivity contribution is 6.30. The Hall–Kier alpha value is -4.18. The molecule has 182 valence electrons. The van der Waals surface area contributed by atoms with Crippen molar-refractivity contribution < 1.29 is 24.4 Å². The summed E-state index contributed by atoms with van der Waals surface area (Å²) in [6.07, 6.45) is 1.18. The van der Waals surface area contributed by atoms with E-state index in [-0.39, 0.29) is 30.2 Å². The van der Waals surface area contributed by atoms with Crippen LogP contribution < -0.4 is 5.43 Å². The number of nitrogens with zero attached hydrogens (tertiary/aromatic N) is 3. The monoisotopic (exact) mass is 498 g/mol. The van der Waals surface area contributed by atoms with Gasteiger partial charge in [0.25, 0.3) is 11.6 Å². The fourth-order valence-corrected chi connectivity index (χ4v) is 3.81. The zero-order chi connectivity index (χ0) is 25.7. The van der Waals surface area contributed by atoms with Gasteiger partial charge in [0.15, 0.2) is 0 Å². The summed E-state index contributed by atoms with van der Waals surface area (Å²) in [6.45, 7) is 5.28. The molecule has 0 aliphatic heterocycles. The predicted octanol–water partition coefficient (Wildman–Crippen LogP) is 4.37. The maximum absolute atomic E-state index is 12.7. The summed E-state index contributed by atoms with van der Waals surface area (Å²) in [4.78, 5) is 35.5. The highest BCUT2D eigenvalue weighted by atomic mass is 35.5. The first kappa shape index (κ1) is 25.4. The predicted molar refractivity (Wildman–Crippen MR) is 131 cm³/mol. The second-order valence-electron chi connectivity index (χ2n) is 7.54. The Morgan fingerprint density at radius 1 is 1.23 bits per heavy atom. The Morgan fingerprint density at radius 3 is 2.51 bits per heavy atom. The summed E-state index contributed by atoms with van der Waals surface area (Å²) < 4.78 is 6.90. The second kappa shape index (κ2) is 10.8. The number of carbonyl (C=O) groups is 2. The Morgan fingerprint density at radius 2 is 1.91 bits per heavy atom. The van der Waals surface area contributed by atoms with Gasteiger partial charge in [0, 0.05) is 22.3 Å². The minimum absolute atomic E-state index is 0.159. The second-order valence-corrected chi connectivity index (χ2v) is 7.98. The third-order valence-electron chi connectivity index (χ3n) is 5.28. The van der Waals surface area contributed by atoms with Crippen molar-refractivity contribution in [1.82, 2.24) is 9.99 Å². The smallest absolute Gasteiger partial charge is 0.340 e. The molecule has 0 bridgehead atoms. The van der Waals surface area contributed by atoms with Crippen molar-refractivity contribution in [2.75, 3.05) is 6.61 Å². The fraction of sp³-hybridized carbons (Fsp3) is 0.208. The first-order valence-electron chi connectivity index (χ1n) is 10.6. The van der Waals surface area contributed by atoms with E-state index in [4.69, 9.17) is 16.3 Å². The Bertz CT molecular complexity index is 1310. The van der Waals surface area contributed by atoms with Crippen LogP contribution in [0.1, 0.15) is 34.1 Å². The van der Waals surface area contributed by atoms with Crippen molar-refractivity contribution >= 4 is 35.4 Å². The number of phenols is 1. The number of hydrogen-bond donors (Lipinski definition) is 2. The molecule has 3 aromatic rings. The number of benzene rings is 2. The lowest BCUT2D eigenvalue weighted by molar-refractivity contribution is -0.384. The van der Waals surface area contributed by atoms with Gasteiger partial charge in [-0.1, -0.05) is 23.7 Å². The third kappa shape index (κ3) is 5.67. The molecule has 3 rings (SSSR count). The Kier molecular flexibility index (Phi) is 7.87. The number of amides is 1. The number of nitro benzene ring substituents is 1. The number of rotatable bonds is 8. The number of nitrogens with one attached hydrogen (secondary N) is 1. The highest BCUT2D eigenvalue weighted by Gasteiger charge is 2.25. The number of carbonyl (C=O) groups excluding carboxylic acids is 2. The maximum Gasteiger partial charge on any atom is 0.340 e. The van der Waals surface area contributed by atoms with Crippen LogP contribution in [0.5, 0.6) is 5.75 Å². The van der Waals surface area contributed by atoms with Crippen molar-refractivity contribution in [2.45, 2.75) is 27.3 Å². The summed E-state index contributed by atoms with van der Waals surface area (Å²) in [6, 6.07) is 10.5. The lowest BCUT2D eigenvalue weighted by Crippen LogP contribution is -2.24. The molecular weight excluding hydrogens is 476 g/mol. The van der Waals surface area contributed by atoms with Gasteiger partial charge in [-0.2, -0.15) is 5.10 Å². The van der Waals surface area contributed by atoms with E-state index in [1.165, 1.54) is 18.3 Å². The van der Waals surface area contributed by atoms with Gasteiger partial charge in [0.05, 0.1) is 35.1 Å². The number of hydrazone groups is 1. The van der Waals surface area contributed by atoms with Crippen molar-refractivity contribution in [3.05, 3.63) is 80.0 Å². The molecule has 0 saturated heterocycles. The number of nitro groups is 1. The van der Waals surface area contributed by atoms with Gasteiger partial charge in [-0.3, -0.25) is 14.9 Å². The van der Waals surface area contributed by atoms with Crippen LogP contribution in [0.2, 0.25) is 5.02 Å². The molecule has 0 aliphatic carbocycles. The molecule has 0 atom stereocenters. The number of hydrogen-bond acceptors (Lipinski definition) is 7. The van der Waals surface area contributed by atoms with Crippen LogP contribution in [0.3, 0.4) is 0 Å². The van der Waals surface area contributed by atoms with E-state index in [9.17, 15) is 24.8 Å². The van der Waals surface area contributed by atoms with E-state index < -0.39 is 16.8 Å². The van der Waals surface area contributed by atoms with Crippen molar-refractivity contribution in [2.24, 2.45) is 5.10 Å². The lowest BCUT2D eigenvalue weighted by Gasteiger charge is -2.12. The van der Waals surface area contributed by atoms with Crippen LogP contribution in [0, 0.1) is 24.0 Å². The van der Waals surface area contributed by atoms with E-state index in [1.54, 1.807) is 49.6 Å². The molecule has 1 amide bonds. The quantitative estimate of drug-likeness (QED) is 0.205. The van der Waals surface area contributed by atoms with Gasteiger partial charge in [-0.05, 0) is 50.1 Å². The van der Waals surface area contributed by atoms with Crippen LogP contribution in [0.15, 0.2) is 47.6 Å². The van der Waals surface area contributed by atoms with E-state index in [0.29, 0.717) is 27.5 Å². The topological polar surface area (TPSA) is 136 Å². The largest absolute Gasteiger partial charge is 0.507 e. The molecule has 1 aromatic heterocycles. The average Bonchev–Trinajstić information content (AvgIpc) is 3.04. The SMILES string of the molecule is CCOC(=O)c1c(C)c(-c2ccc(Cl)cc2)n(CC(=O)N/N=C/c2ccc([N+](=O)[O-])cc2O)c1C. The van der Waals surface area contributed by atoms with Gasteiger partial charge in [-0.15, -0.1) is 0 Å². The standard InChI is InChI=1S/C24H23ClN4O6/c1-4-35-24(32)22-14(2)23(16-5-8-18(25)9-6-16)28(15(22)3)13-21(31)27-26-12-17-7-10-19(29(33)34)11-20(17)30/h5-12,30H,4,13H2,1-3H3,(H,27,31)/b26-12+. The first-order chi connectivity index (χ1) is 16.6. The number of non-ortho nitro benzene ring substituents is 1. The summed E-state index contributed by atoms with van der Waals surface area (Å²) in [7, 11) is 0. The minimum atomic E-state index is -0.632. The van der Waals surface area contributed by atoms with E-state index in [0.717, 1.165) is 11.6 Å². The molecule has 11 heteroatoms. The average molecular weight is 499 g/mol. The molecule has 10 nitrogen and oxygen atoms in total. The molecule has 0 saturated carbocycles. The van der Waals surface area contributed by atoms with E-state index >= 15 is 0 Å². The zero-order valence-electron chi connectivity index (χ0n) is 19.2. The van der Waals surface area contributed by atoms with Crippen LogP contribution in [-0.4, -0.2) is 39.3 Å². The maximum atomic E-state index is 12.7. The lowest BCUT2D eigenvalue weighted by atomic mass is 10.1. The van der Waals surface area contributed by atoms with Gasteiger partial charge in [0.2, 0.25) is 0 Å². The van der Waals surface area contributed by atoms with Crippen LogP contribution in [0.25, 0.3) is 11.3 Å². The van der Waals surface area contributed by atoms with Gasteiger partial charge >= 0.3 is 5.97 Å². The van der Waals surface area contributed by atoms with Crippen molar-refractivity contribution in [3.63, 3.8) is 0 Å². The molecular formula is C24H23ClN4O6. The van der Waals surface area contributed by atoms with Crippen LogP contribution in [0.4, 0.5) is 5.69 Å². The molecule has 2 aromatic carbocycles. The Labute approximate surface area is 205 Å². The molecule has 0 aliphatic rings. The molecule has 1 heterocycles. The third-order valence-corrected chi connectivity index (χ3v) is 5.54. The first-order valence-corrected chi connectivity index (χ1v) is 10.9.